The van der Waals surface area contributed by atoms with Crippen molar-refractivity contribution in [2.75, 3.05) is 26.7 Å². The standard InChI is InChI=1S/C21H20N6OS/c1-25-9-10-26(21(28)15-4-7-22-8-5-15)13-19(25)20-18-3-2-16(12-27(18)24-23-20)17-6-11-29-14-17/h2-8,11-12,14,19H,9-10,13H2,1H3. The first-order valence-electron chi connectivity index (χ1n) is 9.48. The fourth-order valence-corrected chi connectivity index (χ4v) is 4.45. The molecule has 0 spiro atoms. The number of hydrogen-bond acceptors (Lipinski definition) is 6. The van der Waals surface area contributed by atoms with E-state index in [4.69, 9.17) is 0 Å². The van der Waals surface area contributed by atoms with Crippen molar-refractivity contribution >= 4 is 22.8 Å². The van der Waals surface area contributed by atoms with Gasteiger partial charge in [-0.05, 0) is 47.6 Å². The molecule has 4 aromatic heterocycles. The summed E-state index contributed by atoms with van der Waals surface area (Å²) < 4.78 is 1.83. The predicted molar refractivity (Wildman–Crippen MR) is 112 cm³/mol. The minimum Gasteiger partial charge on any atom is -0.335 e. The summed E-state index contributed by atoms with van der Waals surface area (Å²) in [4.78, 5) is 21.0. The molecule has 1 aliphatic heterocycles. The second kappa shape index (κ2) is 7.38. The second-order valence-electron chi connectivity index (χ2n) is 7.22. The number of carbonyl (C=O) groups excluding carboxylic acids is 1. The number of fused-ring (bicyclic) bond motifs is 1. The number of pyridine rings is 2. The van der Waals surface area contributed by atoms with Gasteiger partial charge in [-0.2, -0.15) is 11.3 Å². The normalized spacial score (nSPS) is 17.7. The number of likely N-dealkylation sites (N-methyl/N-ethyl adjacent to an activating group) is 1. The number of thiophene rings is 1. The van der Waals surface area contributed by atoms with Crippen LogP contribution >= 0.6 is 11.3 Å². The first kappa shape index (κ1) is 18.0. The zero-order valence-corrected chi connectivity index (χ0v) is 16.8. The number of amides is 1. The van der Waals surface area contributed by atoms with Crippen LogP contribution in [0.1, 0.15) is 22.1 Å². The van der Waals surface area contributed by atoms with E-state index in [0.717, 1.165) is 23.3 Å². The Kier molecular flexibility index (Phi) is 4.57. The van der Waals surface area contributed by atoms with Gasteiger partial charge in [0.15, 0.2) is 0 Å². The van der Waals surface area contributed by atoms with Crippen molar-refractivity contribution in [2.24, 2.45) is 0 Å². The Bertz CT molecular complexity index is 1140. The molecule has 1 amide bonds. The highest BCUT2D eigenvalue weighted by molar-refractivity contribution is 7.08. The van der Waals surface area contributed by atoms with Crippen molar-refractivity contribution in [1.82, 2.24) is 29.6 Å². The van der Waals surface area contributed by atoms with Crippen molar-refractivity contribution in [3.63, 3.8) is 0 Å². The molecule has 0 N–H and O–H groups in total. The van der Waals surface area contributed by atoms with Crippen LogP contribution in [0.5, 0.6) is 0 Å². The average Bonchev–Trinajstić information content (AvgIpc) is 3.44. The van der Waals surface area contributed by atoms with Crippen LogP contribution < -0.4 is 0 Å². The summed E-state index contributed by atoms with van der Waals surface area (Å²) in [6.45, 7) is 2.06. The summed E-state index contributed by atoms with van der Waals surface area (Å²) in [6, 6.07) is 9.79. The lowest BCUT2D eigenvalue weighted by atomic mass is 10.1. The number of aromatic nitrogens is 4. The monoisotopic (exact) mass is 404 g/mol. The minimum absolute atomic E-state index is 0.000894. The molecule has 0 aliphatic carbocycles. The lowest BCUT2D eigenvalue weighted by Gasteiger charge is -2.38. The highest BCUT2D eigenvalue weighted by atomic mass is 32.1. The van der Waals surface area contributed by atoms with Gasteiger partial charge in [0, 0.05) is 49.4 Å². The van der Waals surface area contributed by atoms with Gasteiger partial charge in [0.25, 0.3) is 5.91 Å². The summed E-state index contributed by atoms with van der Waals surface area (Å²) in [5.74, 6) is 0.0294. The molecule has 29 heavy (non-hydrogen) atoms. The van der Waals surface area contributed by atoms with Crippen molar-refractivity contribution in [3.8, 4) is 11.1 Å². The van der Waals surface area contributed by atoms with Crippen molar-refractivity contribution in [3.05, 3.63) is 70.9 Å². The maximum atomic E-state index is 12.9. The Morgan fingerprint density at radius 3 is 2.76 bits per heavy atom. The van der Waals surface area contributed by atoms with Crippen molar-refractivity contribution < 1.29 is 4.79 Å². The summed E-state index contributed by atoms with van der Waals surface area (Å²) in [5, 5.41) is 13.0. The summed E-state index contributed by atoms with van der Waals surface area (Å²) in [5.41, 5.74) is 4.83. The molecule has 5 heterocycles. The van der Waals surface area contributed by atoms with Crippen LogP contribution in [0, 0.1) is 0 Å². The van der Waals surface area contributed by atoms with E-state index in [2.05, 4.69) is 56.2 Å². The fraction of sp³-hybridized carbons (Fsp3) is 0.238. The van der Waals surface area contributed by atoms with E-state index in [1.807, 2.05) is 15.6 Å². The molecule has 8 heteroatoms. The molecule has 0 aromatic carbocycles. The van der Waals surface area contributed by atoms with Gasteiger partial charge in [-0.25, -0.2) is 4.52 Å². The Hall–Kier alpha value is -3.10. The zero-order valence-electron chi connectivity index (χ0n) is 16.0. The summed E-state index contributed by atoms with van der Waals surface area (Å²) in [7, 11) is 2.07. The van der Waals surface area contributed by atoms with E-state index in [0.29, 0.717) is 18.7 Å². The van der Waals surface area contributed by atoms with Gasteiger partial charge in [0.1, 0.15) is 5.69 Å². The van der Waals surface area contributed by atoms with Gasteiger partial charge in [-0.3, -0.25) is 14.7 Å². The lowest BCUT2D eigenvalue weighted by Crippen LogP contribution is -2.49. The van der Waals surface area contributed by atoms with Gasteiger partial charge in [0.05, 0.1) is 11.6 Å². The Morgan fingerprint density at radius 2 is 1.97 bits per heavy atom. The SMILES string of the molecule is CN1CCN(C(=O)c2ccncc2)CC1c1nnn2cc(-c3ccsc3)ccc12. The van der Waals surface area contributed by atoms with E-state index < -0.39 is 0 Å². The molecule has 5 rings (SSSR count). The Morgan fingerprint density at radius 1 is 1.10 bits per heavy atom. The maximum absolute atomic E-state index is 12.9. The molecule has 0 radical (unpaired) electrons. The Balaban J connectivity index is 1.44. The third-order valence-electron chi connectivity index (χ3n) is 5.47. The molecular weight excluding hydrogens is 384 g/mol. The van der Waals surface area contributed by atoms with Gasteiger partial charge in [0.2, 0.25) is 0 Å². The molecule has 146 valence electrons. The van der Waals surface area contributed by atoms with Crippen LogP contribution in [0.4, 0.5) is 0 Å². The third-order valence-corrected chi connectivity index (χ3v) is 6.16. The van der Waals surface area contributed by atoms with E-state index >= 15 is 0 Å². The first-order chi connectivity index (χ1) is 14.2. The van der Waals surface area contributed by atoms with E-state index in [1.54, 1.807) is 35.9 Å². The number of nitrogens with zero attached hydrogens (tertiary/aromatic N) is 6. The molecule has 1 aliphatic rings. The average molecular weight is 404 g/mol. The molecule has 1 unspecified atom stereocenters. The second-order valence-corrected chi connectivity index (χ2v) is 8.00. The van der Waals surface area contributed by atoms with Crippen LogP contribution in [0.3, 0.4) is 0 Å². The van der Waals surface area contributed by atoms with Crippen LogP contribution in [0.2, 0.25) is 0 Å². The number of rotatable bonds is 3. The van der Waals surface area contributed by atoms with E-state index in [-0.39, 0.29) is 11.9 Å². The van der Waals surface area contributed by atoms with E-state index in [1.165, 1.54) is 5.56 Å². The minimum atomic E-state index is -0.000894. The molecule has 0 saturated carbocycles. The quantitative estimate of drug-likeness (QED) is 0.525. The van der Waals surface area contributed by atoms with Gasteiger partial charge in [-0.15, -0.1) is 5.10 Å². The number of carbonyl (C=O) groups is 1. The van der Waals surface area contributed by atoms with Crippen LogP contribution in [-0.4, -0.2) is 62.2 Å². The van der Waals surface area contributed by atoms with Crippen molar-refractivity contribution in [2.45, 2.75) is 6.04 Å². The topological polar surface area (TPSA) is 66.6 Å². The highest BCUT2D eigenvalue weighted by Crippen LogP contribution is 2.28. The van der Waals surface area contributed by atoms with E-state index in [9.17, 15) is 4.79 Å². The number of piperazine rings is 1. The van der Waals surface area contributed by atoms with Gasteiger partial charge >= 0.3 is 0 Å². The molecule has 4 aromatic rings. The molecule has 0 bridgehead atoms. The molecule has 7 nitrogen and oxygen atoms in total. The molecule has 1 fully saturated rings. The van der Waals surface area contributed by atoms with Crippen LogP contribution in [-0.2, 0) is 0 Å². The van der Waals surface area contributed by atoms with Crippen LogP contribution in [0.15, 0.2) is 59.7 Å². The fourth-order valence-electron chi connectivity index (χ4n) is 3.78. The smallest absolute Gasteiger partial charge is 0.254 e. The van der Waals surface area contributed by atoms with Crippen LogP contribution in [0.25, 0.3) is 16.6 Å². The third kappa shape index (κ3) is 3.30. The molecule has 1 saturated heterocycles. The maximum Gasteiger partial charge on any atom is 0.254 e. The zero-order chi connectivity index (χ0) is 19.8. The number of hydrogen-bond donors (Lipinski definition) is 0. The largest absolute Gasteiger partial charge is 0.335 e. The molecule has 1 atom stereocenters. The summed E-state index contributed by atoms with van der Waals surface area (Å²) >= 11 is 1.68. The van der Waals surface area contributed by atoms with Gasteiger partial charge in [-0.1, -0.05) is 11.3 Å². The van der Waals surface area contributed by atoms with Crippen molar-refractivity contribution in [1.29, 1.82) is 0 Å². The summed E-state index contributed by atoms with van der Waals surface area (Å²) in [6.07, 6.45) is 5.31. The molecular formula is C21H20N6OS. The van der Waals surface area contributed by atoms with Gasteiger partial charge < -0.3 is 4.90 Å². The first-order valence-corrected chi connectivity index (χ1v) is 10.4. The Labute approximate surface area is 172 Å². The highest BCUT2D eigenvalue weighted by Gasteiger charge is 2.31. The lowest BCUT2D eigenvalue weighted by molar-refractivity contribution is 0.0542. The predicted octanol–water partition coefficient (Wildman–Crippen LogP) is 2.98.